The molecular formula is C30H31N5O3. The number of H-pyrrole nitrogens is 1. The molecule has 2 aliphatic heterocycles. The Hall–Kier alpha value is -3.95. The predicted molar refractivity (Wildman–Crippen MR) is 143 cm³/mol. The van der Waals surface area contributed by atoms with Gasteiger partial charge in [-0.25, -0.2) is 4.98 Å². The maximum absolute atomic E-state index is 11.9. The van der Waals surface area contributed by atoms with Crippen LogP contribution in [0.25, 0.3) is 0 Å². The summed E-state index contributed by atoms with van der Waals surface area (Å²) in [5.41, 5.74) is 4.05. The topological polar surface area (TPSA) is 105 Å². The minimum absolute atomic E-state index is 0.00923. The Morgan fingerprint density at radius 2 is 1.71 bits per heavy atom. The quantitative estimate of drug-likeness (QED) is 0.450. The lowest BCUT2D eigenvalue weighted by molar-refractivity contribution is -0.0333. The first-order valence-corrected chi connectivity index (χ1v) is 12.8. The van der Waals surface area contributed by atoms with Crippen LogP contribution in [0.5, 0.6) is 5.75 Å². The van der Waals surface area contributed by atoms with E-state index in [0.717, 1.165) is 49.4 Å². The molecule has 0 aliphatic carbocycles. The highest BCUT2D eigenvalue weighted by atomic mass is 16.5. The normalized spacial score (nSPS) is 17.1. The maximum Gasteiger partial charge on any atom is 0.293 e. The number of aromatic hydroxyl groups is 1. The number of methoxy groups -OCH3 is 1. The van der Waals surface area contributed by atoms with Gasteiger partial charge >= 0.3 is 0 Å². The van der Waals surface area contributed by atoms with E-state index in [1.807, 2.05) is 24.3 Å². The van der Waals surface area contributed by atoms with Gasteiger partial charge in [0, 0.05) is 69.8 Å². The van der Waals surface area contributed by atoms with Crippen LogP contribution in [0.4, 0.5) is 0 Å². The lowest BCUT2D eigenvalue weighted by Gasteiger charge is -2.38. The molecule has 8 heteroatoms. The minimum atomic E-state index is -0.541. The average molecular weight is 510 g/mol. The fourth-order valence-corrected chi connectivity index (χ4v) is 4.95. The third-order valence-electron chi connectivity index (χ3n) is 7.31. The lowest BCUT2D eigenvalue weighted by atomic mass is 9.90. The van der Waals surface area contributed by atoms with Crippen molar-refractivity contribution in [3.8, 4) is 23.7 Å². The number of nitrogens with one attached hydrogen (secondary N) is 1. The molecule has 0 radical (unpaired) electrons. The molecule has 194 valence electrons. The van der Waals surface area contributed by atoms with E-state index in [0.29, 0.717) is 24.8 Å². The zero-order valence-electron chi connectivity index (χ0n) is 21.4. The van der Waals surface area contributed by atoms with Crippen LogP contribution in [0, 0.1) is 29.1 Å². The SMILES string of the molecule is COC1CN(Cc2ccc(C#Cc3ccc([C@@H](Cc4nc[nH]c(=O)c4O)CN4CC(C#N)C4)cc3)cc2)C1. The molecule has 2 N–H and O–H groups in total. The van der Waals surface area contributed by atoms with Crippen molar-refractivity contribution >= 4 is 0 Å². The number of hydrogen-bond acceptors (Lipinski definition) is 7. The van der Waals surface area contributed by atoms with Gasteiger partial charge in [0.1, 0.15) is 0 Å². The Labute approximate surface area is 222 Å². The molecular weight excluding hydrogens is 478 g/mol. The summed E-state index contributed by atoms with van der Waals surface area (Å²) in [5, 5.41) is 19.3. The summed E-state index contributed by atoms with van der Waals surface area (Å²) < 4.78 is 5.34. The Kier molecular flexibility index (Phi) is 7.86. The maximum atomic E-state index is 11.9. The van der Waals surface area contributed by atoms with Gasteiger partial charge in [-0.3, -0.25) is 9.69 Å². The predicted octanol–water partition coefficient (Wildman–Crippen LogP) is 2.49. The number of benzene rings is 2. The summed E-state index contributed by atoms with van der Waals surface area (Å²) >= 11 is 0. The van der Waals surface area contributed by atoms with Crippen molar-refractivity contribution in [2.45, 2.75) is 25.0 Å². The summed E-state index contributed by atoms with van der Waals surface area (Å²) in [6, 6.07) is 18.8. The van der Waals surface area contributed by atoms with E-state index in [2.05, 4.69) is 61.9 Å². The van der Waals surface area contributed by atoms with E-state index in [1.54, 1.807) is 7.11 Å². The van der Waals surface area contributed by atoms with Crippen molar-refractivity contribution in [3.05, 3.63) is 93.2 Å². The highest BCUT2D eigenvalue weighted by Crippen LogP contribution is 2.27. The van der Waals surface area contributed by atoms with Gasteiger partial charge in [0.05, 0.1) is 30.1 Å². The second kappa shape index (κ2) is 11.6. The van der Waals surface area contributed by atoms with Crippen LogP contribution in [0.15, 0.2) is 59.7 Å². The van der Waals surface area contributed by atoms with Crippen LogP contribution >= 0.6 is 0 Å². The van der Waals surface area contributed by atoms with Crippen LogP contribution in [0.3, 0.4) is 0 Å². The molecule has 3 aromatic rings. The van der Waals surface area contributed by atoms with Gasteiger partial charge < -0.3 is 19.7 Å². The third-order valence-corrected chi connectivity index (χ3v) is 7.31. The molecule has 3 heterocycles. The van der Waals surface area contributed by atoms with Crippen LogP contribution in [0.1, 0.15) is 33.9 Å². The molecule has 0 bridgehead atoms. The van der Waals surface area contributed by atoms with E-state index < -0.39 is 5.56 Å². The van der Waals surface area contributed by atoms with Crippen molar-refractivity contribution in [1.29, 1.82) is 5.26 Å². The molecule has 2 aliphatic rings. The monoisotopic (exact) mass is 509 g/mol. The Balaban J connectivity index is 1.25. The second-order valence-corrected chi connectivity index (χ2v) is 10.1. The van der Waals surface area contributed by atoms with E-state index in [1.165, 1.54) is 11.9 Å². The lowest BCUT2D eigenvalue weighted by Crippen LogP contribution is -2.50. The minimum Gasteiger partial charge on any atom is -0.502 e. The van der Waals surface area contributed by atoms with Crippen LogP contribution in [-0.2, 0) is 17.7 Å². The number of rotatable bonds is 8. The number of hydrogen-bond donors (Lipinski definition) is 2. The van der Waals surface area contributed by atoms with Crippen molar-refractivity contribution in [2.24, 2.45) is 5.92 Å². The molecule has 2 aromatic carbocycles. The summed E-state index contributed by atoms with van der Waals surface area (Å²) in [6.45, 7) is 5.07. The van der Waals surface area contributed by atoms with E-state index in [9.17, 15) is 9.90 Å². The van der Waals surface area contributed by atoms with Gasteiger partial charge in [0.2, 0.25) is 5.75 Å². The van der Waals surface area contributed by atoms with Gasteiger partial charge in [-0.15, -0.1) is 0 Å². The molecule has 0 unspecified atom stereocenters. The largest absolute Gasteiger partial charge is 0.502 e. The van der Waals surface area contributed by atoms with Crippen LogP contribution < -0.4 is 5.56 Å². The molecule has 2 saturated heterocycles. The van der Waals surface area contributed by atoms with E-state index in [4.69, 9.17) is 10.00 Å². The fraction of sp³-hybridized carbons (Fsp3) is 0.367. The van der Waals surface area contributed by atoms with Crippen molar-refractivity contribution in [2.75, 3.05) is 39.8 Å². The van der Waals surface area contributed by atoms with Gasteiger partial charge in [0.15, 0.2) is 0 Å². The van der Waals surface area contributed by atoms with E-state index >= 15 is 0 Å². The summed E-state index contributed by atoms with van der Waals surface area (Å²) in [4.78, 5) is 23.0. The summed E-state index contributed by atoms with van der Waals surface area (Å²) in [7, 11) is 1.76. The molecule has 1 aromatic heterocycles. The highest BCUT2D eigenvalue weighted by Gasteiger charge is 2.29. The molecule has 2 fully saturated rings. The third kappa shape index (κ3) is 6.12. The molecule has 0 amide bonds. The number of aromatic nitrogens is 2. The fourth-order valence-electron chi connectivity index (χ4n) is 4.95. The van der Waals surface area contributed by atoms with Gasteiger partial charge in [-0.1, -0.05) is 36.1 Å². The molecule has 8 nitrogen and oxygen atoms in total. The molecule has 5 rings (SSSR count). The van der Waals surface area contributed by atoms with Crippen molar-refractivity contribution in [1.82, 2.24) is 19.8 Å². The molecule has 38 heavy (non-hydrogen) atoms. The average Bonchev–Trinajstić information content (AvgIpc) is 2.89. The Morgan fingerprint density at radius 3 is 2.34 bits per heavy atom. The number of ether oxygens (including phenoxy) is 1. The number of aromatic amines is 1. The van der Waals surface area contributed by atoms with Gasteiger partial charge in [-0.05, 0) is 35.4 Å². The first-order valence-electron chi connectivity index (χ1n) is 12.8. The van der Waals surface area contributed by atoms with Crippen LogP contribution in [-0.4, -0.2) is 70.8 Å². The Morgan fingerprint density at radius 1 is 1.05 bits per heavy atom. The van der Waals surface area contributed by atoms with Gasteiger partial charge in [0.25, 0.3) is 5.56 Å². The summed E-state index contributed by atoms with van der Waals surface area (Å²) in [5.74, 6) is 6.22. The van der Waals surface area contributed by atoms with Crippen LogP contribution in [0.2, 0.25) is 0 Å². The van der Waals surface area contributed by atoms with Gasteiger partial charge in [-0.2, -0.15) is 5.26 Å². The first-order chi connectivity index (χ1) is 18.5. The number of nitriles is 1. The molecule has 0 saturated carbocycles. The molecule has 0 spiro atoms. The summed E-state index contributed by atoms with van der Waals surface area (Å²) in [6.07, 6.45) is 2.10. The Bertz CT molecular complexity index is 1400. The highest BCUT2D eigenvalue weighted by molar-refractivity contribution is 5.44. The zero-order chi connectivity index (χ0) is 26.5. The number of likely N-dealkylation sites (tertiary alicyclic amines) is 2. The van der Waals surface area contributed by atoms with Crippen molar-refractivity contribution < 1.29 is 9.84 Å². The second-order valence-electron chi connectivity index (χ2n) is 10.1. The molecule has 1 atom stereocenters. The number of nitrogens with zero attached hydrogens (tertiary/aromatic N) is 4. The zero-order valence-corrected chi connectivity index (χ0v) is 21.4. The smallest absolute Gasteiger partial charge is 0.293 e. The van der Waals surface area contributed by atoms with E-state index in [-0.39, 0.29) is 17.6 Å². The first kappa shape index (κ1) is 25.7. The standard InChI is InChI=1S/C30H31N5O3/c1-38-27-18-35(19-27)14-23-6-4-21(5-7-23)2-3-22-8-10-25(11-9-22)26(17-34-15-24(13-31)16-34)12-28-29(36)30(37)33-20-32-28/h4-11,20,24,26-27,36H,12,14-19H2,1H3,(H,32,33,37)/t26-/m0/s1. The van der Waals surface area contributed by atoms with Crippen molar-refractivity contribution in [3.63, 3.8) is 0 Å².